The summed E-state index contributed by atoms with van der Waals surface area (Å²) in [4.78, 5) is 15.8. The number of fused-ring (bicyclic) bond motifs is 1. The van der Waals surface area contributed by atoms with Crippen LogP contribution in [-0.2, 0) is 11.2 Å². The summed E-state index contributed by atoms with van der Waals surface area (Å²) >= 11 is 12.0. The molecule has 0 amide bonds. The van der Waals surface area contributed by atoms with Gasteiger partial charge in [0.15, 0.2) is 0 Å². The second kappa shape index (κ2) is 5.39. The standard InChI is InChI=1S/C13H14Cl2N2O2/c1-3-10(13(18)19)17-11-6-8(15)7(14)5-9(11)16-12(17)4-2/h5-6,10H,3-4H2,1-2H3,(H,18,19). The third-order valence-electron chi connectivity index (χ3n) is 3.10. The normalized spacial score (nSPS) is 12.8. The van der Waals surface area contributed by atoms with Crippen molar-refractivity contribution in [2.45, 2.75) is 32.7 Å². The van der Waals surface area contributed by atoms with Crippen molar-refractivity contribution in [1.29, 1.82) is 0 Å². The Balaban J connectivity index is 2.76. The summed E-state index contributed by atoms with van der Waals surface area (Å²) in [6.07, 6.45) is 1.13. The maximum atomic E-state index is 11.4. The Morgan fingerprint density at radius 3 is 2.53 bits per heavy atom. The van der Waals surface area contributed by atoms with E-state index in [0.29, 0.717) is 33.9 Å². The molecule has 102 valence electrons. The molecular weight excluding hydrogens is 287 g/mol. The smallest absolute Gasteiger partial charge is 0.326 e. The Kier molecular flexibility index (Phi) is 4.02. The molecule has 2 aromatic rings. The quantitative estimate of drug-likeness (QED) is 0.930. The average molecular weight is 301 g/mol. The molecule has 0 bridgehead atoms. The third kappa shape index (κ3) is 2.42. The Morgan fingerprint density at radius 1 is 1.37 bits per heavy atom. The molecule has 0 saturated heterocycles. The zero-order valence-electron chi connectivity index (χ0n) is 10.7. The van der Waals surface area contributed by atoms with Crippen molar-refractivity contribution in [2.24, 2.45) is 0 Å². The highest BCUT2D eigenvalue weighted by molar-refractivity contribution is 6.42. The Morgan fingerprint density at radius 2 is 2.00 bits per heavy atom. The van der Waals surface area contributed by atoms with Crippen molar-refractivity contribution < 1.29 is 9.90 Å². The molecule has 0 aliphatic heterocycles. The van der Waals surface area contributed by atoms with E-state index in [4.69, 9.17) is 23.2 Å². The van der Waals surface area contributed by atoms with Gasteiger partial charge in [0.1, 0.15) is 11.9 Å². The average Bonchev–Trinajstić information content (AvgIpc) is 2.69. The predicted molar refractivity (Wildman–Crippen MR) is 76.1 cm³/mol. The number of hydrogen-bond acceptors (Lipinski definition) is 2. The van der Waals surface area contributed by atoms with Gasteiger partial charge in [-0.1, -0.05) is 37.0 Å². The molecule has 19 heavy (non-hydrogen) atoms. The number of aliphatic carboxylic acids is 1. The molecule has 2 rings (SSSR count). The largest absolute Gasteiger partial charge is 0.480 e. The summed E-state index contributed by atoms with van der Waals surface area (Å²) < 4.78 is 1.74. The summed E-state index contributed by atoms with van der Waals surface area (Å²) in [5, 5.41) is 10.2. The number of nitrogens with zero attached hydrogens (tertiary/aromatic N) is 2. The lowest BCUT2D eigenvalue weighted by Crippen LogP contribution is -2.20. The highest BCUT2D eigenvalue weighted by Crippen LogP contribution is 2.31. The van der Waals surface area contributed by atoms with Crippen LogP contribution >= 0.6 is 23.2 Å². The summed E-state index contributed by atoms with van der Waals surface area (Å²) in [6.45, 7) is 3.77. The molecule has 4 nitrogen and oxygen atoms in total. The van der Waals surface area contributed by atoms with Crippen LogP contribution in [0.15, 0.2) is 12.1 Å². The second-order valence-corrected chi connectivity index (χ2v) is 5.08. The molecule has 1 atom stereocenters. The summed E-state index contributed by atoms with van der Waals surface area (Å²) in [6, 6.07) is 2.71. The summed E-state index contributed by atoms with van der Waals surface area (Å²) in [5.74, 6) is -0.148. The monoisotopic (exact) mass is 300 g/mol. The topological polar surface area (TPSA) is 55.1 Å². The van der Waals surface area contributed by atoms with Crippen LogP contribution < -0.4 is 0 Å². The minimum Gasteiger partial charge on any atom is -0.480 e. The first-order valence-electron chi connectivity index (χ1n) is 6.08. The zero-order valence-corrected chi connectivity index (χ0v) is 12.2. The van der Waals surface area contributed by atoms with Crippen LogP contribution in [0.4, 0.5) is 0 Å². The Hall–Kier alpha value is -1.26. The van der Waals surface area contributed by atoms with E-state index in [-0.39, 0.29) is 0 Å². The lowest BCUT2D eigenvalue weighted by Gasteiger charge is -2.15. The van der Waals surface area contributed by atoms with Gasteiger partial charge < -0.3 is 9.67 Å². The van der Waals surface area contributed by atoms with E-state index in [9.17, 15) is 9.90 Å². The molecule has 1 heterocycles. The molecular formula is C13H14Cl2N2O2. The van der Waals surface area contributed by atoms with Crippen molar-refractivity contribution in [3.8, 4) is 0 Å². The Bertz CT molecular complexity index is 637. The number of aromatic nitrogens is 2. The van der Waals surface area contributed by atoms with Crippen molar-refractivity contribution in [2.75, 3.05) is 0 Å². The van der Waals surface area contributed by atoms with E-state index in [1.165, 1.54) is 0 Å². The van der Waals surface area contributed by atoms with Crippen LogP contribution in [0.25, 0.3) is 11.0 Å². The molecule has 6 heteroatoms. The molecule has 0 saturated carbocycles. The number of carboxylic acid groups (broad SMARTS) is 1. The van der Waals surface area contributed by atoms with E-state index in [1.54, 1.807) is 16.7 Å². The molecule has 0 radical (unpaired) electrons. The van der Waals surface area contributed by atoms with Crippen molar-refractivity contribution in [3.05, 3.63) is 28.0 Å². The maximum Gasteiger partial charge on any atom is 0.326 e. The van der Waals surface area contributed by atoms with E-state index in [0.717, 1.165) is 5.82 Å². The minimum absolute atomic E-state index is 0.401. The lowest BCUT2D eigenvalue weighted by atomic mass is 10.2. The van der Waals surface area contributed by atoms with Gasteiger partial charge in [-0.3, -0.25) is 0 Å². The number of carbonyl (C=O) groups is 1. The lowest BCUT2D eigenvalue weighted by molar-refractivity contribution is -0.140. The summed E-state index contributed by atoms with van der Waals surface area (Å²) in [5.41, 5.74) is 1.38. The van der Waals surface area contributed by atoms with Crippen molar-refractivity contribution in [1.82, 2.24) is 9.55 Å². The van der Waals surface area contributed by atoms with Crippen molar-refractivity contribution in [3.63, 3.8) is 0 Å². The van der Waals surface area contributed by atoms with Gasteiger partial charge in [0.2, 0.25) is 0 Å². The van der Waals surface area contributed by atoms with Gasteiger partial charge in [-0.05, 0) is 18.6 Å². The van der Waals surface area contributed by atoms with Crippen LogP contribution in [0.5, 0.6) is 0 Å². The number of imidazole rings is 1. The maximum absolute atomic E-state index is 11.4. The molecule has 1 aromatic carbocycles. The molecule has 0 aliphatic carbocycles. The van der Waals surface area contributed by atoms with Crippen LogP contribution in [0.2, 0.25) is 10.0 Å². The first-order chi connectivity index (χ1) is 8.99. The van der Waals surface area contributed by atoms with E-state index >= 15 is 0 Å². The SMILES string of the molecule is CCc1nc2cc(Cl)c(Cl)cc2n1C(CC)C(=O)O. The predicted octanol–water partition coefficient (Wildman–Crippen LogP) is 3.94. The van der Waals surface area contributed by atoms with E-state index in [2.05, 4.69) is 4.98 Å². The first kappa shape index (κ1) is 14.2. The van der Waals surface area contributed by atoms with Crippen LogP contribution in [-0.4, -0.2) is 20.6 Å². The highest BCUT2D eigenvalue weighted by Gasteiger charge is 2.23. The van der Waals surface area contributed by atoms with Gasteiger partial charge in [0.25, 0.3) is 0 Å². The number of carboxylic acids is 1. The highest BCUT2D eigenvalue weighted by atomic mass is 35.5. The van der Waals surface area contributed by atoms with E-state index in [1.807, 2.05) is 13.8 Å². The molecule has 1 N–H and O–H groups in total. The van der Waals surface area contributed by atoms with Gasteiger partial charge in [-0.2, -0.15) is 0 Å². The second-order valence-electron chi connectivity index (χ2n) is 4.27. The number of benzene rings is 1. The molecule has 0 fully saturated rings. The van der Waals surface area contributed by atoms with Gasteiger partial charge in [-0.25, -0.2) is 9.78 Å². The minimum atomic E-state index is -0.873. The molecule has 1 aromatic heterocycles. The number of hydrogen-bond donors (Lipinski definition) is 1. The fourth-order valence-electron chi connectivity index (χ4n) is 2.21. The number of rotatable bonds is 4. The molecule has 0 spiro atoms. The van der Waals surface area contributed by atoms with Crippen LogP contribution in [0.3, 0.4) is 0 Å². The van der Waals surface area contributed by atoms with Crippen LogP contribution in [0, 0.1) is 0 Å². The van der Waals surface area contributed by atoms with Crippen molar-refractivity contribution >= 4 is 40.2 Å². The third-order valence-corrected chi connectivity index (χ3v) is 3.83. The Labute approximate surface area is 121 Å². The fourth-order valence-corrected chi connectivity index (χ4v) is 2.52. The first-order valence-corrected chi connectivity index (χ1v) is 6.83. The zero-order chi connectivity index (χ0) is 14.2. The fraction of sp³-hybridized carbons (Fsp3) is 0.385. The molecule has 1 unspecified atom stereocenters. The summed E-state index contributed by atoms with van der Waals surface area (Å²) in [7, 11) is 0. The van der Waals surface area contributed by atoms with Gasteiger partial charge >= 0.3 is 5.97 Å². The number of aryl methyl sites for hydroxylation is 1. The molecule has 0 aliphatic rings. The van der Waals surface area contributed by atoms with Gasteiger partial charge in [-0.15, -0.1) is 0 Å². The van der Waals surface area contributed by atoms with Gasteiger partial charge in [0, 0.05) is 6.42 Å². The van der Waals surface area contributed by atoms with Gasteiger partial charge in [0.05, 0.1) is 21.1 Å². The van der Waals surface area contributed by atoms with Crippen LogP contribution in [0.1, 0.15) is 32.1 Å². The van der Waals surface area contributed by atoms with E-state index < -0.39 is 12.0 Å². The number of halogens is 2.